The normalized spacial score (nSPS) is 10.0. The fourth-order valence-corrected chi connectivity index (χ4v) is 2.04. The highest BCUT2D eigenvalue weighted by Gasteiger charge is 2.10. The molecule has 0 unspecified atom stereocenters. The molecule has 0 aliphatic heterocycles. The first-order valence-electron chi connectivity index (χ1n) is 7.32. The number of pyridine rings is 1. The lowest BCUT2D eigenvalue weighted by Crippen LogP contribution is -2.12. The van der Waals surface area contributed by atoms with Crippen molar-refractivity contribution in [3.8, 4) is 5.75 Å². The minimum atomic E-state index is -0.531. The molecule has 0 atom stereocenters. The second-order valence-electron chi connectivity index (χ2n) is 4.95. The minimum Gasteiger partial charge on any atom is -0.422 e. The van der Waals surface area contributed by atoms with Crippen LogP contribution in [-0.4, -0.2) is 16.9 Å². The van der Waals surface area contributed by atoms with E-state index in [-0.39, 0.29) is 11.6 Å². The van der Waals surface area contributed by atoms with Crippen LogP contribution in [0.1, 0.15) is 20.8 Å². The van der Waals surface area contributed by atoms with Gasteiger partial charge in [-0.15, -0.1) is 0 Å². The van der Waals surface area contributed by atoms with Crippen molar-refractivity contribution in [1.82, 2.24) is 4.98 Å². The van der Waals surface area contributed by atoms with Crippen molar-refractivity contribution in [2.75, 3.05) is 5.32 Å². The van der Waals surface area contributed by atoms with E-state index < -0.39 is 5.97 Å². The van der Waals surface area contributed by atoms with E-state index in [0.717, 1.165) is 0 Å². The topological polar surface area (TPSA) is 68.3 Å². The van der Waals surface area contributed by atoms with Gasteiger partial charge >= 0.3 is 5.97 Å². The number of esters is 1. The molecule has 1 N–H and O–H groups in total. The summed E-state index contributed by atoms with van der Waals surface area (Å²) in [4.78, 5) is 27.9. The van der Waals surface area contributed by atoms with Gasteiger partial charge in [-0.1, -0.05) is 24.3 Å². The van der Waals surface area contributed by atoms with Gasteiger partial charge in [-0.3, -0.25) is 4.79 Å². The van der Waals surface area contributed by atoms with Gasteiger partial charge in [-0.25, -0.2) is 9.78 Å². The number of aromatic nitrogens is 1. The van der Waals surface area contributed by atoms with Crippen LogP contribution in [-0.2, 0) is 0 Å². The highest BCUT2D eigenvalue weighted by molar-refractivity contribution is 6.04. The smallest absolute Gasteiger partial charge is 0.362 e. The zero-order valence-electron chi connectivity index (χ0n) is 12.7. The maximum Gasteiger partial charge on any atom is 0.362 e. The number of anilines is 1. The van der Waals surface area contributed by atoms with Crippen LogP contribution in [0.15, 0.2) is 79.0 Å². The van der Waals surface area contributed by atoms with Crippen LogP contribution in [0.25, 0.3) is 0 Å². The van der Waals surface area contributed by atoms with E-state index in [4.69, 9.17) is 4.74 Å². The first kappa shape index (κ1) is 15.4. The van der Waals surface area contributed by atoms with Gasteiger partial charge in [0.25, 0.3) is 5.91 Å². The molecule has 5 heteroatoms. The largest absolute Gasteiger partial charge is 0.422 e. The standard InChI is InChI=1S/C19H14N2O3/c22-18(14-6-2-1-3-7-14)21-15-9-11-16(12-10-15)24-19(23)17-8-4-5-13-20-17/h1-13H,(H,21,22). The fourth-order valence-electron chi connectivity index (χ4n) is 2.04. The molecule has 0 radical (unpaired) electrons. The maximum absolute atomic E-state index is 12.1. The number of nitrogens with zero attached hydrogens (tertiary/aromatic N) is 1. The van der Waals surface area contributed by atoms with Gasteiger partial charge in [-0.2, -0.15) is 0 Å². The molecule has 0 saturated heterocycles. The Hall–Kier alpha value is -3.47. The van der Waals surface area contributed by atoms with Gasteiger partial charge in [0.1, 0.15) is 11.4 Å². The zero-order chi connectivity index (χ0) is 16.8. The average molecular weight is 318 g/mol. The zero-order valence-corrected chi connectivity index (χ0v) is 12.7. The molecule has 0 saturated carbocycles. The van der Waals surface area contributed by atoms with Crippen LogP contribution >= 0.6 is 0 Å². The van der Waals surface area contributed by atoms with Gasteiger partial charge in [-0.05, 0) is 48.5 Å². The summed E-state index contributed by atoms with van der Waals surface area (Å²) < 4.78 is 5.23. The number of rotatable bonds is 4. The van der Waals surface area contributed by atoms with Crippen molar-refractivity contribution in [3.63, 3.8) is 0 Å². The molecule has 1 amide bonds. The summed E-state index contributed by atoms with van der Waals surface area (Å²) in [5.74, 6) is -0.353. The highest BCUT2D eigenvalue weighted by Crippen LogP contribution is 2.17. The Morgan fingerprint density at radius 3 is 2.21 bits per heavy atom. The third kappa shape index (κ3) is 3.84. The van der Waals surface area contributed by atoms with Crippen LogP contribution in [0.2, 0.25) is 0 Å². The van der Waals surface area contributed by atoms with Gasteiger partial charge in [0, 0.05) is 17.4 Å². The number of hydrogen-bond donors (Lipinski definition) is 1. The SMILES string of the molecule is O=C(Nc1ccc(OC(=O)c2ccccn2)cc1)c1ccccc1. The first-order chi connectivity index (χ1) is 11.7. The molecule has 1 heterocycles. The number of carbonyl (C=O) groups is 2. The molecule has 0 aliphatic rings. The Labute approximate surface area is 138 Å². The summed E-state index contributed by atoms with van der Waals surface area (Å²) in [5, 5.41) is 2.78. The lowest BCUT2D eigenvalue weighted by molar-refractivity contribution is 0.0728. The second kappa shape index (κ2) is 7.19. The number of nitrogens with one attached hydrogen (secondary N) is 1. The Morgan fingerprint density at radius 2 is 1.54 bits per heavy atom. The van der Waals surface area contributed by atoms with Gasteiger partial charge in [0.2, 0.25) is 0 Å². The van der Waals surface area contributed by atoms with Crippen molar-refractivity contribution in [2.24, 2.45) is 0 Å². The number of benzene rings is 2. The van der Waals surface area contributed by atoms with E-state index in [9.17, 15) is 9.59 Å². The highest BCUT2D eigenvalue weighted by atomic mass is 16.5. The molecule has 3 aromatic rings. The molecule has 1 aromatic heterocycles. The summed E-state index contributed by atoms with van der Waals surface area (Å²) in [5.41, 5.74) is 1.42. The predicted octanol–water partition coefficient (Wildman–Crippen LogP) is 3.55. The van der Waals surface area contributed by atoms with E-state index in [1.54, 1.807) is 66.7 Å². The van der Waals surface area contributed by atoms with Crippen molar-refractivity contribution >= 4 is 17.6 Å². The van der Waals surface area contributed by atoms with Crippen LogP contribution < -0.4 is 10.1 Å². The Morgan fingerprint density at radius 1 is 0.833 bits per heavy atom. The van der Waals surface area contributed by atoms with E-state index >= 15 is 0 Å². The van der Waals surface area contributed by atoms with Crippen molar-refractivity contribution in [2.45, 2.75) is 0 Å². The first-order valence-corrected chi connectivity index (χ1v) is 7.32. The molecule has 0 bridgehead atoms. The van der Waals surface area contributed by atoms with Crippen LogP contribution in [0, 0.1) is 0 Å². The lowest BCUT2D eigenvalue weighted by Gasteiger charge is -2.07. The van der Waals surface area contributed by atoms with E-state index in [1.165, 1.54) is 6.20 Å². The van der Waals surface area contributed by atoms with Crippen molar-refractivity contribution in [1.29, 1.82) is 0 Å². The summed E-state index contributed by atoms with van der Waals surface area (Å²) in [6.07, 6.45) is 1.53. The average Bonchev–Trinajstić information content (AvgIpc) is 2.65. The van der Waals surface area contributed by atoms with Crippen LogP contribution in [0.3, 0.4) is 0 Å². The van der Waals surface area contributed by atoms with Gasteiger partial charge in [0.05, 0.1) is 0 Å². The van der Waals surface area contributed by atoms with Crippen molar-refractivity contribution in [3.05, 3.63) is 90.3 Å². The number of hydrogen-bond acceptors (Lipinski definition) is 4. The molecule has 2 aromatic carbocycles. The fraction of sp³-hybridized carbons (Fsp3) is 0. The van der Waals surface area contributed by atoms with Crippen molar-refractivity contribution < 1.29 is 14.3 Å². The van der Waals surface area contributed by atoms with E-state index in [2.05, 4.69) is 10.3 Å². The molecule has 24 heavy (non-hydrogen) atoms. The number of carbonyl (C=O) groups excluding carboxylic acids is 2. The third-order valence-electron chi connectivity index (χ3n) is 3.23. The third-order valence-corrected chi connectivity index (χ3v) is 3.23. The molecule has 0 fully saturated rings. The Bertz CT molecular complexity index is 759. The van der Waals surface area contributed by atoms with Gasteiger partial charge < -0.3 is 10.1 Å². The predicted molar refractivity (Wildman–Crippen MR) is 90.0 cm³/mol. The minimum absolute atomic E-state index is 0.200. The monoisotopic (exact) mass is 318 g/mol. The summed E-state index contributed by atoms with van der Waals surface area (Å²) in [6, 6.07) is 20.5. The number of ether oxygens (including phenoxy) is 1. The molecule has 5 nitrogen and oxygen atoms in total. The second-order valence-corrected chi connectivity index (χ2v) is 4.95. The summed E-state index contributed by atoms with van der Waals surface area (Å²) in [6.45, 7) is 0. The number of amides is 1. The van der Waals surface area contributed by atoms with E-state index in [1.807, 2.05) is 6.07 Å². The maximum atomic E-state index is 12.1. The van der Waals surface area contributed by atoms with E-state index in [0.29, 0.717) is 17.0 Å². The quantitative estimate of drug-likeness (QED) is 0.590. The molecule has 0 aliphatic carbocycles. The Balaban J connectivity index is 1.63. The van der Waals surface area contributed by atoms with Gasteiger partial charge in [0.15, 0.2) is 0 Å². The molecule has 3 rings (SSSR count). The molecule has 118 valence electrons. The van der Waals surface area contributed by atoms with Crippen LogP contribution in [0.4, 0.5) is 5.69 Å². The molecular weight excluding hydrogens is 304 g/mol. The molecular formula is C19H14N2O3. The summed E-state index contributed by atoms with van der Waals surface area (Å²) in [7, 11) is 0. The molecule has 0 spiro atoms. The lowest BCUT2D eigenvalue weighted by atomic mass is 10.2. The van der Waals surface area contributed by atoms with Crippen LogP contribution in [0.5, 0.6) is 5.75 Å². The Kier molecular flexibility index (Phi) is 4.62. The summed E-state index contributed by atoms with van der Waals surface area (Å²) >= 11 is 0.